The largest absolute Gasteiger partial charge is 0.497 e. The summed E-state index contributed by atoms with van der Waals surface area (Å²) in [5.41, 5.74) is 6.42. The Balaban J connectivity index is 1.68. The Morgan fingerprint density at radius 3 is 2.64 bits per heavy atom. The van der Waals surface area contributed by atoms with Gasteiger partial charge < -0.3 is 15.2 Å². The number of piperidine rings is 3. The van der Waals surface area contributed by atoms with Crippen molar-refractivity contribution in [3.05, 3.63) is 23.8 Å². The number of fused-ring (bicyclic) bond motifs is 3. The summed E-state index contributed by atoms with van der Waals surface area (Å²) in [6, 6.07) is 4.90. The molecule has 0 unspecified atom stereocenters. The second kappa shape index (κ2) is 5.96. The van der Waals surface area contributed by atoms with Gasteiger partial charge in [0.15, 0.2) is 0 Å². The molecule has 0 spiro atoms. The van der Waals surface area contributed by atoms with Gasteiger partial charge in [-0.1, -0.05) is 0 Å². The number of esters is 1. The van der Waals surface area contributed by atoms with E-state index in [0.29, 0.717) is 22.9 Å². The molecular weight excluding hydrogens is 282 g/mol. The van der Waals surface area contributed by atoms with E-state index in [-0.39, 0.29) is 11.8 Å². The Morgan fingerprint density at radius 1 is 1.36 bits per heavy atom. The molecule has 22 heavy (non-hydrogen) atoms. The minimum Gasteiger partial charge on any atom is -0.497 e. The number of nitrogens with one attached hydrogen (secondary N) is 1. The minimum absolute atomic E-state index is 0.102. The molecule has 0 saturated carbocycles. The average molecular weight is 303 g/mol. The van der Waals surface area contributed by atoms with Crippen molar-refractivity contribution in [3.8, 4) is 5.75 Å². The van der Waals surface area contributed by atoms with E-state index >= 15 is 0 Å². The fourth-order valence-corrected chi connectivity index (χ4v) is 3.25. The van der Waals surface area contributed by atoms with Crippen LogP contribution in [0.15, 0.2) is 18.2 Å². The molecule has 3 N–H and O–H groups in total. The lowest BCUT2D eigenvalue weighted by atomic mass is 9.86. The highest BCUT2D eigenvalue weighted by Crippen LogP contribution is 2.30. The average Bonchev–Trinajstić information content (AvgIpc) is 2.55. The summed E-state index contributed by atoms with van der Waals surface area (Å²) < 4.78 is 10.6. The molecule has 0 radical (unpaired) electrons. The van der Waals surface area contributed by atoms with Gasteiger partial charge in [-0.15, -0.1) is 0 Å². The number of ether oxygens (including phenoxy) is 2. The van der Waals surface area contributed by atoms with Gasteiger partial charge in [0.1, 0.15) is 17.6 Å². The SMILES string of the molecule is COc1ccc(C(=N)C(=O)O[C@@H]2CN3CCC2CC3)c(N)c1. The third kappa shape index (κ3) is 2.78. The Bertz CT molecular complexity index is 594. The Morgan fingerprint density at radius 2 is 2.09 bits per heavy atom. The topological polar surface area (TPSA) is 88.6 Å². The number of rotatable bonds is 4. The third-order valence-corrected chi connectivity index (χ3v) is 4.59. The second-order valence-electron chi connectivity index (χ2n) is 5.91. The van der Waals surface area contributed by atoms with Gasteiger partial charge in [0, 0.05) is 23.9 Å². The van der Waals surface area contributed by atoms with Crippen LogP contribution in [-0.2, 0) is 9.53 Å². The first-order valence-electron chi connectivity index (χ1n) is 7.54. The Hall–Kier alpha value is -2.08. The molecule has 1 aromatic rings. The lowest BCUT2D eigenvalue weighted by Crippen LogP contribution is -2.52. The second-order valence-corrected chi connectivity index (χ2v) is 5.91. The molecule has 3 aliphatic rings. The number of hydrogen-bond donors (Lipinski definition) is 2. The van der Waals surface area contributed by atoms with Crippen LogP contribution in [-0.4, -0.2) is 49.4 Å². The quantitative estimate of drug-likeness (QED) is 0.497. The number of benzene rings is 1. The minimum atomic E-state index is -0.601. The molecule has 3 aliphatic heterocycles. The van der Waals surface area contributed by atoms with Crippen LogP contribution >= 0.6 is 0 Å². The first-order valence-corrected chi connectivity index (χ1v) is 7.54. The molecule has 1 aromatic carbocycles. The molecule has 2 bridgehead atoms. The molecular formula is C16H21N3O3. The molecule has 1 atom stereocenters. The van der Waals surface area contributed by atoms with E-state index in [1.165, 1.54) is 0 Å². The van der Waals surface area contributed by atoms with Gasteiger partial charge in [0.05, 0.1) is 7.11 Å². The van der Waals surface area contributed by atoms with Crippen molar-refractivity contribution in [1.82, 2.24) is 4.90 Å². The summed E-state index contributed by atoms with van der Waals surface area (Å²) >= 11 is 0. The van der Waals surface area contributed by atoms with Crippen molar-refractivity contribution < 1.29 is 14.3 Å². The van der Waals surface area contributed by atoms with E-state index in [1.807, 2.05) is 0 Å². The van der Waals surface area contributed by atoms with Crippen LogP contribution in [0.25, 0.3) is 0 Å². The van der Waals surface area contributed by atoms with Crippen LogP contribution in [0.1, 0.15) is 18.4 Å². The maximum Gasteiger partial charge on any atom is 0.357 e. The van der Waals surface area contributed by atoms with E-state index in [1.54, 1.807) is 25.3 Å². The Kier molecular flexibility index (Phi) is 4.02. The van der Waals surface area contributed by atoms with Crippen LogP contribution in [0, 0.1) is 11.3 Å². The zero-order valence-electron chi connectivity index (χ0n) is 12.7. The zero-order valence-corrected chi connectivity index (χ0v) is 12.7. The van der Waals surface area contributed by atoms with E-state index in [9.17, 15) is 4.79 Å². The molecule has 3 saturated heterocycles. The van der Waals surface area contributed by atoms with Gasteiger partial charge in [0.25, 0.3) is 0 Å². The standard InChI is InChI=1S/C16H21N3O3/c1-21-11-2-3-12(13(17)8-11)15(18)16(20)22-14-9-19-6-4-10(14)5-7-19/h2-3,8,10,14,18H,4-7,9,17H2,1H3/t14-/m1/s1. The summed E-state index contributed by atoms with van der Waals surface area (Å²) in [5.74, 6) is 0.422. The van der Waals surface area contributed by atoms with Crippen LogP contribution in [0.5, 0.6) is 5.75 Å². The first kappa shape index (κ1) is 14.8. The number of nitrogens with zero attached hydrogens (tertiary/aromatic N) is 1. The molecule has 118 valence electrons. The molecule has 0 amide bonds. The summed E-state index contributed by atoms with van der Waals surface area (Å²) in [6.07, 6.45) is 2.03. The highest BCUT2D eigenvalue weighted by Gasteiger charge is 2.37. The summed E-state index contributed by atoms with van der Waals surface area (Å²) in [4.78, 5) is 14.6. The third-order valence-electron chi connectivity index (χ3n) is 4.59. The molecule has 0 aromatic heterocycles. The highest BCUT2D eigenvalue weighted by atomic mass is 16.5. The Labute approximate surface area is 129 Å². The predicted molar refractivity (Wildman–Crippen MR) is 83.3 cm³/mol. The maximum atomic E-state index is 12.2. The summed E-state index contributed by atoms with van der Waals surface area (Å²) in [5, 5.41) is 8.05. The number of methoxy groups -OCH3 is 1. The van der Waals surface area contributed by atoms with Gasteiger partial charge in [-0.3, -0.25) is 10.3 Å². The van der Waals surface area contributed by atoms with Crippen molar-refractivity contribution >= 4 is 17.4 Å². The van der Waals surface area contributed by atoms with Gasteiger partial charge in [-0.2, -0.15) is 0 Å². The molecule has 0 aliphatic carbocycles. The molecule has 4 rings (SSSR count). The van der Waals surface area contributed by atoms with Crippen molar-refractivity contribution in [2.24, 2.45) is 5.92 Å². The van der Waals surface area contributed by atoms with Gasteiger partial charge in [-0.05, 0) is 44.0 Å². The van der Waals surface area contributed by atoms with Crippen LogP contribution in [0.3, 0.4) is 0 Å². The zero-order chi connectivity index (χ0) is 15.7. The predicted octanol–water partition coefficient (Wildman–Crippen LogP) is 1.28. The van der Waals surface area contributed by atoms with Gasteiger partial charge >= 0.3 is 5.97 Å². The highest BCUT2D eigenvalue weighted by molar-refractivity contribution is 6.43. The van der Waals surface area contributed by atoms with Crippen molar-refractivity contribution in [2.75, 3.05) is 32.5 Å². The van der Waals surface area contributed by atoms with Crippen LogP contribution in [0.4, 0.5) is 5.69 Å². The summed E-state index contributed by atoms with van der Waals surface area (Å²) in [7, 11) is 1.54. The number of anilines is 1. The lowest BCUT2D eigenvalue weighted by molar-refractivity contribution is -0.150. The monoisotopic (exact) mass is 303 g/mol. The van der Waals surface area contributed by atoms with E-state index in [0.717, 1.165) is 32.5 Å². The molecule has 3 fully saturated rings. The van der Waals surface area contributed by atoms with E-state index < -0.39 is 5.97 Å². The number of nitrogens with two attached hydrogens (primary N) is 1. The smallest absolute Gasteiger partial charge is 0.357 e. The van der Waals surface area contributed by atoms with Gasteiger partial charge in [0.2, 0.25) is 0 Å². The number of nitrogen functional groups attached to an aromatic ring is 1. The van der Waals surface area contributed by atoms with Gasteiger partial charge in [-0.25, -0.2) is 4.79 Å². The van der Waals surface area contributed by atoms with Crippen LogP contribution < -0.4 is 10.5 Å². The number of carbonyl (C=O) groups excluding carboxylic acids is 1. The lowest BCUT2D eigenvalue weighted by Gasteiger charge is -2.43. The maximum absolute atomic E-state index is 12.2. The number of hydrogen-bond acceptors (Lipinski definition) is 6. The normalized spacial score (nSPS) is 26.5. The number of carbonyl (C=O) groups is 1. The van der Waals surface area contributed by atoms with Crippen molar-refractivity contribution in [3.63, 3.8) is 0 Å². The van der Waals surface area contributed by atoms with Crippen molar-refractivity contribution in [1.29, 1.82) is 5.41 Å². The molecule has 3 heterocycles. The van der Waals surface area contributed by atoms with Crippen LogP contribution in [0.2, 0.25) is 0 Å². The first-order chi connectivity index (χ1) is 10.6. The fraction of sp³-hybridized carbons (Fsp3) is 0.500. The molecule has 6 nitrogen and oxygen atoms in total. The summed E-state index contributed by atoms with van der Waals surface area (Å²) in [6.45, 7) is 2.95. The van der Waals surface area contributed by atoms with Crippen molar-refractivity contribution in [2.45, 2.75) is 18.9 Å². The molecule has 6 heteroatoms. The fourth-order valence-electron chi connectivity index (χ4n) is 3.25. The van der Waals surface area contributed by atoms with E-state index in [2.05, 4.69) is 4.90 Å². The van der Waals surface area contributed by atoms with E-state index in [4.69, 9.17) is 20.6 Å².